The van der Waals surface area contributed by atoms with Crippen LogP contribution in [0.25, 0.3) is 10.6 Å². The van der Waals surface area contributed by atoms with Crippen LogP contribution in [-0.4, -0.2) is 14.1 Å². The molecule has 1 saturated carbocycles. The number of hydrogen-bond donors (Lipinski definition) is 0. The van der Waals surface area contributed by atoms with Crippen LogP contribution in [-0.2, 0) is 6.54 Å². The van der Waals surface area contributed by atoms with Crippen molar-refractivity contribution in [2.24, 2.45) is 0 Å². The highest BCUT2D eigenvalue weighted by atomic mass is 32.1. The Balaban J connectivity index is 1.71. The SMILES string of the molecule is Cc1ccc(-c2nc(Cn3c(=O)c(C#N)cn(C4CC4)c3=O)cs2)cc1. The number of aryl methyl sites for hydroxylation is 1. The van der Waals surface area contributed by atoms with Gasteiger partial charge in [0.25, 0.3) is 5.56 Å². The van der Waals surface area contributed by atoms with Gasteiger partial charge in [0, 0.05) is 23.2 Å². The maximum atomic E-state index is 12.7. The third kappa shape index (κ3) is 3.00. The molecule has 0 N–H and O–H groups in total. The van der Waals surface area contributed by atoms with Gasteiger partial charge in [0.05, 0.1) is 12.2 Å². The number of hydrogen-bond acceptors (Lipinski definition) is 5. The molecule has 0 radical (unpaired) electrons. The third-order valence-electron chi connectivity index (χ3n) is 4.43. The van der Waals surface area contributed by atoms with Gasteiger partial charge < -0.3 is 0 Å². The van der Waals surface area contributed by atoms with E-state index in [4.69, 9.17) is 0 Å². The highest BCUT2D eigenvalue weighted by molar-refractivity contribution is 7.13. The molecule has 6 nitrogen and oxygen atoms in total. The second-order valence-electron chi connectivity index (χ2n) is 6.48. The van der Waals surface area contributed by atoms with Crippen LogP contribution in [0.5, 0.6) is 0 Å². The van der Waals surface area contributed by atoms with Gasteiger partial charge in [-0.05, 0) is 19.8 Å². The average molecular weight is 364 g/mol. The lowest BCUT2D eigenvalue weighted by Gasteiger charge is -2.09. The van der Waals surface area contributed by atoms with E-state index in [9.17, 15) is 14.9 Å². The zero-order valence-electron chi connectivity index (χ0n) is 14.2. The maximum absolute atomic E-state index is 12.7. The minimum atomic E-state index is -0.556. The molecule has 2 heterocycles. The van der Waals surface area contributed by atoms with Crippen LogP contribution in [0, 0.1) is 18.3 Å². The molecule has 2 aromatic heterocycles. The first-order valence-electron chi connectivity index (χ1n) is 8.34. The molecule has 0 spiro atoms. The van der Waals surface area contributed by atoms with E-state index < -0.39 is 5.56 Å². The lowest BCUT2D eigenvalue weighted by molar-refractivity contribution is 0.584. The summed E-state index contributed by atoms with van der Waals surface area (Å²) in [4.78, 5) is 29.6. The second-order valence-corrected chi connectivity index (χ2v) is 7.34. The summed E-state index contributed by atoms with van der Waals surface area (Å²) in [6.45, 7) is 2.10. The molecule has 3 aromatic rings. The zero-order valence-corrected chi connectivity index (χ0v) is 15.0. The fraction of sp³-hybridized carbons (Fsp3) is 0.263. The summed E-state index contributed by atoms with van der Waals surface area (Å²) in [6, 6.07) is 10.0. The third-order valence-corrected chi connectivity index (χ3v) is 5.37. The molecule has 26 heavy (non-hydrogen) atoms. The number of benzene rings is 1. The van der Waals surface area contributed by atoms with Crippen LogP contribution < -0.4 is 11.2 Å². The molecule has 0 saturated heterocycles. The summed E-state index contributed by atoms with van der Waals surface area (Å²) in [5, 5.41) is 11.9. The van der Waals surface area contributed by atoms with E-state index in [0.717, 1.165) is 28.0 Å². The summed E-state index contributed by atoms with van der Waals surface area (Å²) < 4.78 is 2.62. The summed E-state index contributed by atoms with van der Waals surface area (Å²) in [6.07, 6.45) is 3.19. The van der Waals surface area contributed by atoms with Crippen molar-refractivity contribution in [2.75, 3.05) is 0 Å². The Morgan fingerprint density at radius 2 is 2.00 bits per heavy atom. The van der Waals surface area contributed by atoms with Crippen LogP contribution in [0.3, 0.4) is 0 Å². The Morgan fingerprint density at radius 1 is 1.27 bits per heavy atom. The van der Waals surface area contributed by atoms with Crippen molar-refractivity contribution < 1.29 is 0 Å². The molecule has 130 valence electrons. The summed E-state index contributed by atoms with van der Waals surface area (Å²) in [5.41, 5.74) is 1.87. The van der Waals surface area contributed by atoms with E-state index >= 15 is 0 Å². The van der Waals surface area contributed by atoms with Gasteiger partial charge in [0.2, 0.25) is 0 Å². The van der Waals surface area contributed by atoms with Gasteiger partial charge in [0.15, 0.2) is 0 Å². The van der Waals surface area contributed by atoms with Crippen LogP contribution in [0.4, 0.5) is 0 Å². The molecule has 0 bridgehead atoms. The van der Waals surface area contributed by atoms with Crippen molar-refractivity contribution in [3.63, 3.8) is 0 Å². The molecule has 1 fully saturated rings. The normalized spacial score (nSPS) is 13.5. The van der Waals surface area contributed by atoms with E-state index in [1.165, 1.54) is 27.7 Å². The highest BCUT2D eigenvalue weighted by Crippen LogP contribution is 2.33. The Labute approximate surface area is 153 Å². The molecule has 0 amide bonds. The quantitative estimate of drug-likeness (QED) is 0.713. The van der Waals surface area contributed by atoms with Gasteiger partial charge in [-0.2, -0.15) is 5.26 Å². The minimum absolute atomic E-state index is 0.00881. The average Bonchev–Trinajstić information content (AvgIpc) is 3.37. The van der Waals surface area contributed by atoms with Crippen LogP contribution in [0.15, 0.2) is 45.4 Å². The van der Waals surface area contributed by atoms with Crippen molar-refractivity contribution in [3.05, 3.63) is 73.5 Å². The monoisotopic (exact) mass is 364 g/mol. The first-order chi connectivity index (χ1) is 12.6. The predicted octanol–water partition coefficient (Wildman–Crippen LogP) is 2.70. The number of rotatable bonds is 4. The molecule has 0 atom stereocenters. The van der Waals surface area contributed by atoms with Gasteiger partial charge >= 0.3 is 5.69 Å². The van der Waals surface area contributed by atoms with Crippen molar-refractivity contribution in [3.8, 4) is 16.6 Å². The predicted molar refractivity (Wildman–Crippen MR) is 99.3 cm³/mol. The summed E-state index contributed by atoms with van der Waals surface area (Å²) >= 11 is 1.47. The van der Waals surface area contributed by atoms with Gasteiger partial charge in [-0.15, -0.1) is 11.3 Å². The van der Waals surface area contributed by atoms with Crippen molar-refractivity contribution in [1.29, 1.82) is 5.26 Å². The van der Waals surface area contributed by atoms with Gasteiger partial charge in [-0.1, -0.05) is 29.8 Å². The Bertz CT molecular complexity index is 1130. The maximum Gasteiger partial charge on any atom is 0.331 e. The van der Waals surface area contributed by atoms with E-state index in [2.05, 4.69) is 4.98 Å². The molecule has 1 aromatic carbocycles. The molecular weight excluding hydrogens is 348 g/mol. The number of aromatic nitrogens is 3. The largest absolute Gasteiger partial charge is 0.331 e. The van der Waals surface area contributed by atoms with E-state index in [1.54, 1.807) is 0 Å². The lowest BCUT2D eigenvalue weighted by atomic mass is 10.2. The van der Waals surface area contributed by atoms with Crippen LogP contribution >= 0.6 is 11.3 Å². The topological polar surface area (TPSA) is 80.7 Å². The standard InChI is InChI=1S/C19H16N4O2S/c1-12-2-4-13(5-3-12)17-21-15(11-26-17)10-23-18(24)14(8-20)9-22(19(23)25)16-6-7-16/h2-5,9,11,16H,6-7,10H2,1H3. The molecular formula is C19H16N4O2S. The van der Waals surface area contributed by atoms with Crippen molar-refractivity contribution in [2.45, 2.75) is 32.4 Å². The number of thiazole rings is 1. The highest BCUT2D eigenvalue weighted by Gasteiger charge is 2.27. The fourth-order valence-corrected chi connectivity index (χ4v) is 3.64. The molecule has 1 aliphatic rings. The van der Waals surface area contributed by atoms with Crippen LogP contribution in [0.2, 0.25) is 0 Å². The fourth-order valence-electron chi connectivity index (χ4n) is 2.82. The Morgan fingerprint density at radius 3 is 2.65 bits per heavy atom. The second kappa shape index (κ2) is 6.39. The number of nitriles is 1. The number of nitrogens with zero attached hydrogens (tertiary/aromatic N) is 4. The molecule has 7 heteroatoms. The van der Waals surface area contributed by atoms with E-state index in [1.807, 2.05) is 42.6 Å². The summed E-state index contributed by atoms with van der Waals surface area (Å²) in [5.74, 6) is 0. The van der Waals surface area contributed by atoms with Gasteiger partial charge in [-0.3, -0.25) is 13.9 Å². The van der Waals surface area contributed by atoms with Crippen LogP contribution in [0.1, 0.15) is 35.7 Å². The van der Waals surface area contributed by atoms with Crippen molar-refractivity contribution >= 4 is 11.3 Å². The van der Waals surface area contributed by atoms with E-state index in [0.29, 0.717) is 5.69 Å². The first-order valence-corrected chi connectivity index (χ1v) is 9.22. The van der Waals surface area contributed by atoms with Gasteiger partial charge in [0.1, 0.15) is 16.6 Å². The smallest absolute Gasteiger partial charge is 0.296 e. The lowest BCUT2D eigenvalue weighted by Crippen LogP contribution is -2.41. The summed E-state index contributed by atoms with van der Waals surface area (Å²) in [7, 11) is 0. The molecule has 0 unspecified atom stereocenters. The Hall–Kier alpha value is -2.98. The Kier molecular flexibility index (Phi) is 4.05. The zero-order chi connectivity index (χ0) is 18.3. The van der Waals surface area contributed by atoms with Gasteiger partial charge in [-0.25, -0.2) is 9.78 Å². The molecule has 1 aliphatic carbocycles. The van der Waals surface area contributed by atoms with Crippen molar-refractivity contribution in [1.82, 2.24) is 14.1 Å². The molecule has 4 rings (SSSR count). The first kappa shape index (κ1) is 16.5. The minimum Gasteiger partial charge on any atom is -0.296 e. The molecule has 0 aliphatic heterocycles. The van der Waals surface area contributed by atoms with E-state index in [-0.39, 0.29) is 23.8 Å².